The highest BCUT2D eigenvalue weighted by atomic mass is 32.1. The Kier molecular flexibility index (Phi) is 4.77. The zero-order chi connectivity index (χ0) is 16.3. The lowest BCUT2D eigenvalue weighted by molar-refractivity contribution is -0.135. The van der Waals surface area contributed by atoms with Crippen LogP contribution in [-0.4, -0.2) is 49.1 Å². The maximum atomic E-state index is 12.3. The van der Waals surface area contributed by atoms with Crippen molar-refractivity contribution < 1.29 is 9.90 Å². The first-order chi connectivity index (χ1) is 11.1. The van der Waals surface area contributed by atoms with Gasteiger partial charge in [0.1, 0.15) is 0 Å². The molecule has 0 unspecified atom stereocenters. The Morgan fingerprint density at radius 2 is 2.22 bits per heavy atom. The highest BCUT2D eigenvalue weighted by Crippen LogP contribution is 2.25. The summed E-state index contributed by atoms with van der Waals surface area (Å²) in [7, 11) is 0. The van der Waals surface area contributed by atoms with Crippen LogP contribution < -0.4 is 0 Å². The molecule has 124 valence electrons. The molecule has 0 atom stereocenters. The van der Waals surface area contributed by atoms with E-state index in [1.807, 2.05) is 28.1 Å². The van der Waals surface area contributed by atoms with Gasteiger partial charge in [0.15, 0.2) is 0 Å². The van der Waals surface area contributed by atoms with Gasteiger partial charge in [0, 0.05) is 36.8 Å². The van der Waals surface area contributed by atoms with E-state index < -0.39 is 5.60 Å². The topological polar surface area (TPSA) is 71.2 Å². The Bertz CT molecular complexity index is 645. The van der Waals surface area contributed by atoms with Gasteiger partial charge in [-0.2, -0.15) is 0 Å². The molecule has 3 rings (SSSR count). The number of piperidine rings is 1. The first-order valence-corrected chi connectivity index (χ1v) is 8.79. The smallest absolute Gasteiger partial charge is 0.222 e. The van der Waals surface area contributed by atoms with Crippen LogP contribution in [0.2, 0.25) is 0 Å². The van der Waals surface area contributed by atoms with Crippen LogP contribution in [-0.2, 0) is 17.8 Å². The van der Waals surface area contributed by atoms with Crippen molar-refractivity contribution in [3.8, 4) is 0 Å². The van der Waals surface area contributed by atoms with E-state index in [9.17, 15) is 9.90 Å². The van der Waals surface area contributed by atoms with E-state index in [0.29, 0.717) is 38.9 Å². The fourth-order valence-corrected chi connectivity index (χ4v) is 3.78. The van der Waals surface area contributed by atoms with Gasteiger partial charge >= 0.3 is 0 Å². The molecule has 2 aromatic heterocycles. The number of amides is 1. The van der Waals surface area contributed by atoms with Gasteiger partial charge in [0.25, 0.3) is 0 Å². The van der Waals surface area contributed by atoms with Crippen molar-refractivity contribution >= 4 is 17.2 Å². The Balaban J connectivity index is 1.48. The molecular weight excluding hydrogens is 312 g/mol. The lowest BCUT2D eigenvalue weighted by Crippen LogP contribution is -2.48. The van der Waals surface area contributed by atoms with E-state index in [0.717, 1.165) is 12.1 Å². The molecule has 1 fully saturated rings. The number of hydrogen-bond donors (Lipinski definition) is 1. The van der Waals surface area contributed by atoms with Crippen LogP contribution in [0.15, 0.2) is 24.2 Å². The number of rotatable bonds is 5. The lowest BCUT2D eigenvalue weighted by Gasteiger charge is -2.38. The first-order valence-electron chi connectivity index (χ1n) is 7.91. The van der Waals surface area contributed by atoms with Crippen LogP contribution in [0.5, 0.6) is 0 Å². The van der Waals surface area contributed by atoms with Gasteiger partial charge in [-0.25, -0.2) is 9.97 Å². The fraction of sp³-hybridized carbons (Fsp3) is 0.562. The third-order valence-corrected chi connectivity index (χ3v) is 5.49. The van der Waals surface area contributed by atoms with Gasteiger partial charge in [0.2, 0.25) is 5.91 Å². The van der Waals surface area contributed by atoms with E-state index in [1.54, 1.807) is 23.9 Å². The predicted molar refractivity (Wildman–Crippen MR) is 88.2 cm³/mol. The van der Waals surface area contributed by atoms with Gasteiger partial charge in [-0.1, -0.05) is 0 Å². The largest absolute Gasteiger partial charge is 0.388 e. The molecule has 1 amide bonds. The number of thiazole rings is 1. The highest BCUT2D eigenvalue weighted by Gasteiger charge is 2.34. The number of aliphatic hydroxyl groups is 1. The van der Waals surface area contributed by atoms with Crippen molar-refractivity contribution in [2.45, 2.75) is 44.8 Å². The molecule has 1 aliphatic rings. The summed E-state index contributed by atoms with van der Waals surface area (Å²) >= 11 is 1.61. The summed E-state index contributed by atoms with van der Waals surface area (Å²) in [5.74, 6) is 0.169. The number of carbonyl (C=O) groups is 1. The van der Waals surface area contributed by atoms with Crippen molar-refractivity contribution in [1.29, 1.82) is 0 Å². The zero-order valence-electron chi connectivity index (χ0n) is 13.3. The fourth-order valence-electron chi connectivity index (χ4n) is 3.00. The van der Waals surface area contributed by atoms with E-state index in [-0.39, 0.29) is 5.91 Å². The second-order valence-corrected chi connectivity index (χ2v) is 7.14. The van der Waals surface area contributed by atoms with Crippen LogP contribution in [0, 0.1) is 6.92 Å². The molecule has 0 spiro atoms. The molecule has 1 aliphatic heterocycles. The lowest BCUT2D eigenvalue weighted by atomic mass is 9.91. The predicted octanol–water partition coefficient (Wildman–Crippen LogP) is 1.63. The van der Waals surface area contributed by atoms with Crippen LogP contribution >= 0.6 is 11.3 Å². The molecule has 6 nitrogen and oxygen atoms in total. The Hall–Kier alpha value is -1.73. The van der Waals surface area contributed by atoms with Crippen LogP contribution in [0.3, 0.4) is 0 Å². The molecule has 0 aromatic carbocycles. The Labute approximate surface area is 139 Å². The minimum Gasteiger partial charge on any atom is -0.388 e. The first kappa shape index (κ1) is 16.1. The third kappa shape index (κ3) is 3.97. The van der Waals surface area contributed by atoms with E-state index in [1.165, 1.54) is 4.88 Å². The van der Waals surface area contributed by atoms with Crippen molar-refractivity contribution in [3.05, 3.63) is 34.8 Å². The molecule has 0 bridgehead atoms. The van der Waals surface area contributed by atoms with Crippen molar-refractivity contribution in [1.82, 2.24) is 19.4 Å². The minimum atomic E-state index is -0.744. The number of hydrogen-bond acceptors (Lipinski definition) is 5. The van der Waals surface area contributed by atoms with Gasteiger partial charge in [0.05, 0.1) is 29.7 Å². The summed E-state index contributed by atoms with van der Waals surface area (Å²) in [5.41, 5.74) is 2.11. The van der Waals surface area contributed by atoms with Crippen molar-refractivity contribution in [2.75, 3.05) is 13.1 Å². The van der Waals surface area contributed by atoms with Crippen molar-refractivity contribution in [2.24, 2.45) is 0 Å². The van der Waals surface area contributed by atoms with Gasteiger partial charge in [-0.3, -0.25) is 4.79 Å². The maximum absolute atomic E-state index is 12.3. The molecule has 0 saturated carbocycles. The quantitative estimate of drug-likeness (QED) is 0.902. The number of nitrogens with zero attached hydrogens (tertiary/aromatic N) is 4. The van der Waals surface area contributed by atoms with Crippen LogP contribution in [0.4, 0.5) is 0 Å². The molecule has 1 saturated heterocycles. The molecule has 0 aliphatic carbocycles. The van der Waals surface area contributed by atoms with Crippen LogP contribution in [0.25, 0.3) is 0 Å². The van der Waals surface area contributed by atoms with Gasteiger partial charge in [-0.05, 0) is 26.2 Å². The average Bonchev–Trinajstić information content (AvgIpc) is 3.17. The van der Waals surface area contributed by atoms with Crippen LogP contribution in [0.1, 0.15) is 29.8 Å². The summed E-state index contributed by atoms with van der Waals surface area (Å²) in [4.78, 5) is 23.6. The highest BCUT2D eigenvalue weighted by molar-refractivity contribution is 7.09. The summed E-state index contributed by atoms with van der Waals surface area (Å²) in [5, 5.41) is 10.7. The maximum Gasteiger partial charge on any atom is 0.222 e. The number of aryl methyl sites for hydroxylation is 2. The molecular formula is C16H22N4O2S. The molecule has 1 N–H and O–H groups in total. The second-order valence-electron chi connectivity index (χ2n) is 6.20. The van der Waals surface area contributed by atoms with E-state index in [4.69, 9.17) is 0 Å². The average molecular weight is 334 g/mol. The standard InChI is InChI=1S/C16H22N4O2S/c1-13-14(23-12-18-13)2-3-15(21)20-7-4-16(22,5-8-20)10-19-9-6-17-11-19/h6,9,11-12,22H,2-5,7-8,10H2,1H3. The molecule has 7 heteroatoms. The Morgan fingerprint density at radius 3 is 2.83 bits per heavy atom. The monoisotopic (exact) mass is 334 g/mol. The molecule has 2 aromatic rings. The van der Waals surface area contributed by atoms with Gasteiger partial charge in [-0.15, -0.1) is 11.3 Å². The summed E-state index contributed by atoms with van der Waals surface area (Å²) < 4.78 is 1.89. The summed E-state index contributed by atoms with van der Waals surface area (Å²) in [6.07, 6.45) is 7.77. The number of aromatic nitrogens is 3. The Morgan fingerprint density at radius 1 is 1.43 bits per heavy atom. The molecule has 23 heavy (non-hydrogen) atoms. The second kappa shape index (κ2) is 6.80. The number of likely N-dealkylation sites (tertiary alicyclic amines) is 1. The van der Waals surface area contributed by atoms with Crippen molar-refractivity contribution in [3.63, 3.8) is 0 Å². The third-order valence-electron chi connectivity index (χ3n) is 4.49. The summed E-state index contributed by atoms with van der Waals surface area (Å²) in [6, 6.07) is 0. The SMILES string of the molecule is Cc1ncsc1CCC(=O)N1CCC(O)(Cn2ccnc2)CC1. The van der Waals surface area contributed by atoms with Gasteiger partial charge < -0.3 is 14.6 Å². The van der Waals surface area contributed by atoms with E-state index >= 15 is 0 Å². The van der Waals surface area contributed by atoms with E-state index in [2.05, 4.69) is 9.97 Å². The number of carbonyl (C=O) groups excluding carboxylic acids is 1. The number of imidazole rings is 1. The zero-order valence-corrected chi connectivity index (χ0v) is 14.1. The molecule has 3 heterocycles. The summed E-state index contributed by atoms with van der Waals surface area (Å²) in [6.45, 7) is 3.75. The minimum absolute atomic E-state index is 0.169. The normalized spacial score (nSPS) is 17.4. The molecule has 0 radical (unpaired) electrons.